The van der Waals surface area contributed by atoms with Crippen LogP contribution in [0.25, 0.3) is 5.57 Å². The molecule has 1 aliphatic carbocycles. The summed E-state index contributed by atoms with van der Waals surface area (Å²) in [5, 5.41) is 10.9. The molecule has 0 bridgehead atoms. The number of fused-ring (bicyclic) bond motifs is 3. The Morgan fingerprint density at radius 2 is 2.24 bits per heavy atom. The highest BCUT2D eigenvalue weighted by Crippen LogP contribution is 2.43. The normalized spacial score (nSPS) is 16.6. The number of aliphatic imine (C=N–C) groups is 1. The van der Waals surface area contributed by atoms with Gasteiger partial charge in [-0.15, -0.1) is 0 Å². The lowest BCUT2D eigenvalue weighted by molar-refractivity contribution is -0.385. The van der Waals surface area contributed by atoms with Crippen LogP contribution in [0.15, 0.2) is 41.2 Å². The fourth-order valence-corrected chi connectivity index (χ4v) is 2.10. The summed E-state index contributed by atoms with van der Waals surface area (Å²) in [5.41, 5.74) is 2.17. The van der Waals surface area contributed by atoms with Crippen molar-refractivity contribution in [2.24, 2.45) is 4.99 Å². The van der Waals surface area contributed by atoms with E-state index in [-0.39, 0.29) is 11.5 Å². The fourth-order valence-electron chi connectivity index (χ4n) is 2.10. The minimum atomic E-state index is -0.464. The van der Waals surface area contributed by atoms with E-state index in [4.69, 9.17) is 0 Å². The van der Waals surface area contributed by atoms with E-state index >= 15 is 0 Å². The molecule has 0 N–H and O–H groups in total. The van der Waals surface area contributed by atoms with Crippen LogP contribution in [-0.4, -0.2) is 10.6 Å². The van der Waals surface area contributed by atoms with Crippen molar-refractivity contribution in [3.05, 3.63) is 51.9 Å². The van der Waals surface area contributed by atoms with Crippen molar-refractivity contribution in [1.29, 1.82) is 0 Å². The number of rotatable bonds is 1. The van der Waals surface area contributed by atoms with Gasteiger partial charge >= 0.3 is 0 Å². The van der Waals surface area contributed by atoms with Crippen molar-refractivity contribution >= 4 is 22.7 Å². The molecule has 0 saturated heterocycles. The van der Waals surface area contributed by atoms with Crippen LogP contribution >= 0.6 is 0 Å². The summed E-state index contributed by atoms with van der Waals surface area (Å²) in [5.74, 6) is -0.370. The second-order valence-corrected chi connectivity index (χ2v) is 3.84. The largest absolute Gasteiger partial charge is 0.279 e. The fraction of sp³-hybridized carbons (Fsp3) is 0.0833. The van der Waals surface area contributed by atoms with Crippen LogP contribution in [0.1, 0.15) is 12.0 Å². The van der Waals surface area contributed by atoms with E-state index in [0.717, 1.165) is 0 Å². The van der Waals surface area contributed by atoms with Crippen molar-refractivity contribution in [3.63, 3.8) is 0 Å². The quantitative estimate of drug-likeness (QED) is 0.548. The van der Waals surface area contributed by atoms with Crippen molar-refractivity contribution < 1.29 is 9.31 Å². The summed E-state index contributed by atoms with van der Waals surface area (Å²) in [6.07, 6.45) is 3.10. The van der Waals surface area contributed by atoms with Gasteiger partial charge in [0.05, 0.1) is 21.9 Å². The minimum Gasteiger partial charge on any atom is -0.258 e. The summed E-state index contributed by atoms with van der Waals surface area (Å²) >= 11 is 0. The van der Waals surface area contributed by atoms with Crippen LogP contribution in [0, 0.1) is 10.1 Å². The molecule has 84 valence electrons. The molecule has 0 atom stereocenters. The lowest BCUT2D eigenvalue weighted by Gasteiger charge is -2.07. The van der Waals surface area contributed by atoms with Gasteiger partial charge in [0.15, 0.2) is 0 Å². The van der Waals surface area contributed by atoms with Gasteiger partial charge in [0, 0.05) is 18.1 Å². The monoisotopic (exact) mass is 230 g/mol. The maximum atomic E-state index is 13.2. The molecule has 0 unspecified atom stereocenters. The number of halogens is 1. The Morgan fingerprint density at radius 3 is 3.00 bits per heavy atom. The van der Waals surface area contributed by atoms with Crippen molar-refractivity contribution in [2.45, 2.75) is 6.42 Å². The van der Waals surface area contributed by atoms with Gasteiger partial charge in [0.25, 0.3) is 5.69 Å². The van der Waals surface area contributed by atoms with E-state index in [9.17, 15) is 14.5 Å². The smallest absolute Gasteiger partial charge is 0.258 e. The molecule has 4 nitrogen and oxygen atoms in total. The third-order valence-corrected chi connectivity index (χ3v) is 2.83. The molecule has 3 rings (SSSR count). The molecule has 1 aliphatic heterocycles. The summed E-state index contributed by atoms with van der Waals surface area (Å²) in [4.78, 5) is 14.8. The molecule has 1 aromatic carbocycles. The molecule has 2 aliphatic rings. The highest BCUT2D eigenvalue weighted by atomic mass is 19.1. The number of benzene rings is 1. The Kier molecular flexibility index (Phi) is 1.95. The van der Waals surface area contributed by atoms with E-state index in [1.165, 1.54) is 18.2 Å². The van der Waals surface area contributed by atoms with Gasteiger partial charge in [-0.25, -0.2) is 4.39 Å². The van der Waals surface area contributed by atoms with Crippen LogP contribution in [0.3, 0.4) is 0 Å². The average molecular weight is 230 g/mol. The Morgan fingerprint density at radius 1 is 1.41 bits per heavy atom. The molecule has 0 saturated carbocycles. The molecule has 1 heterocycles. The highest BCUT2D eigenvalue weighted by Gasteiger charge is 2.30. The second kappa shape index (κ2) is 3.35. The van der Waals surface area contributed by atoms with Crippen LogP contribution in [0.4, 0.5) is 15.8 Å². The number of hydrogen-bond donors (Lipinski definition) is 0. The molecule has 0 radical (unpaired) electrons. The van der Waals surface area contributed by atoms with Gasteiger partial charge in [-0.05, 0) is 18.2 Å². The molecular formula is C12H7FN2O2. The Balaban J connectivity index is 2.26. The summed E-state index contributed by atoms with van der Waals surface area (Å²) < 4.78 is 13.2. The first-order valence-electron chi connectivity index (χ1n) is 5.10. The molecule has 0 amide bonds. The number of nitrogens with zero attached hydrogens (tertiary/aromatic N) is 2. The first-order chi connectivity index (χ1) is 8.16. The molecular weight excluding hydrogens is 223 g/mol. The van der Waals surface area contributed by atoms with Gasteiger partial charge in [0.1, 0.15) is 5.83 Å². The molecule has 0 aromatic heterocycles. The zero-order valence-corrected chi connectivity index (χ0v) is 8.68. The predicted molar refractivity (Wildman–Crippen MR) is 62.0 cm³/mol. The van der Waals surface area contributed by atoms with Crippen LogP contribution < -0.4 is 0 Å². The molecule has 5 heteroatoms. The average Bonchev–Trinajstić information content (AvgIpc) is 2.66. The Hall–Kier alpha value is -2.30. The van der Waals surface area contributed by atoms with Crippen molar-refractivity contribution in [3.8, 4) is 0 Å². The van der Waals surface area contributed by atoms with Crippen molar-refractivity contribution in [1.82, 2.24) is 0 Å². The molecule has 0 fully saturated rings. The van der Waals surface area contributed by atoms with Gasteiger partial charge in [-0.2, -0.15) is 0 Å². The summed E-state index contributed by atoms with van der Waals surface area (Å²) in [6.45, 7) is 0. The van der Waals surface area contributed by atoms with E-state index in [2.05, 4.69) is 4.99 Å². The van der Waals surface area contributed by atoms with Gasteiger partial charge in [-0.1, -0.05) is 6.07 Å². The first kappa shape index (κ1) is 9.89. The van der Waals surface area contributed by atoms with E-state index < -0.39 is 4.92 Å². The SMILES string of the molecule is O=[N+]([O-])c1cccc2c1C1=CC(F)=CCC1=N2. The van der Waals surface area contributed by atoms with Crippen LogP contribution in [-0.2, 0) is 0 Å². The lowest BCUT2D eigenvalue weighted by atomic mass is 9.96. The third-order valence-electron chi connectivity index (χ3n) is 2.83. The van der Waals surface area contributed by atoms with Crippen molar-refractivity contribution in [2.75, 3.05) is 0 Å². The van der Waals surface area contributed by atoms with Gasteiger partial charge in [-0.3, -0.25) is 15.1 Å². The summed E-state index contributed by atoms with van der Waals surface area (Å²) in [6, 6.07) is 4.70. The number of nitro groups is 1. The molecule has 0 spiro atoms. The third kappa shape index (κ3) is 1.39. The van der Waals surface area contributed by atoms with Crippen LogP contribution in [0.2, 0.25) is 0 Å². The zero-order chi connectivity index (χ0) is 12.0. The topological polar surface area (TPSA) is 55.5 Å². The van der Waals surface area contributed by atoms with E-state index in [1.54, 1.807) is 12.1 Å². The summed E-state index contributed by atoms with van der Waals surface area (Å²) in [7, 11) is 0. The standard InChI is InChI=1S/C12H7FN2O2/c13-7-4-5-9-8(6-7)12-10(14-9)2-1-3-11(12)15(16)17/h1-4,6H,5H2. The highest BCUT2D eigenvalue weighted by molar-refractivity contribution is 6.31. The first-order valence-corrected chi connectivity index (χ1v) is 5.10. The number of hydrogen-bond acceptors (Lipinski definition) is 3. The second-order valence-electron chi connectivity index (χ2n) is 3.84. The zero-order valence-electron chi connectivity index (χ0n) is 8.68. The predicted octanol–water partition coefficient (Wildman–Crippen LogP) is 3.32. The number of allylic oxidation sites excluding steroid dienone is 4. The van der Waals surface area contributed by atoms with E-state index in [1.807, 2.05) is 0 Å². The maximum absolute atomic E-state index is 13.2. The Bertz CT molecular complexity index is 629. The molecule has 17 heavy (non-hydrogen) atoms. The maximum Gasteiger partial charge on any atom is 0.279 e. The van der Waals surface area contributed by atoms with E-state index in [0.29, 0.717) is 29.0 Å². The lowest BCUT2D eigenvalue weighted by Crippen LogP contribution is -2.02. The number of nitro benzene ring substituents is 1. The Labute approximate surface area is 95.9 Å². The van der Waals surface area contributed by atoms with Crippen LogP contribution in [0.5, 0.6) is 0 Å². The molecule has 1 aromatic rings. The van der Waals surface area contributed by atoms with Gasteiger partial charge < -0.3 is 0 Å². The van der Waals surface area contributed by atoms with Gasteiger partial charge in [0.2, 0.25) is 0 Å². The minimum absolute atomic E-state index is 0.0257.